The lowest BCUT2D eigenvalue weighted by molar-refractivity contribution is 0.585. The summed E-state index contributed by atoms with van der Waals surface area (Å²) in [7, 11) is -3.28. The first-order valence-corrected chi connectivity index (χ1v) is 9.58. The molecule has 6 heteroatoms. The van der Waals surface area contributed by atoms with Crippen LogP contribution in [0.3, 0.4) is 0 Å². The third kappa shape index (κ3) is 2.81. The van der Waals surface area contributed by atoms with Gasteiger partial charge in [0.2, 0.25) is 0 Å². The van der Waals surface area contributed by atoms with Crippen LogP contribution in [0.5, 0.6) is 0 Å². The number of fused-ring (bicyclic) bond motifs is 1. The fourth-order valence-electron chi connectivity index (χ4n) is 2.84. The molecule has 2 aromatic rings. The molecule has 21 heavy (non-hydrogen) atoms. The molecule has 1 aliphatic carbocycles. The molecule has 114 valence electrons. The van der Waals surface area contributed by atoms with E-state index in [0.717, 1.165) is 23.8 Å². The first-order chi connectivity index (χ1) is 9.91. The second kappa shape index (κ2) is 5.29. The van der Waals surface area contributed by atoms with Crippen molar-refractivity contribution in [2.75, 3.05) is 12.1 Å². The Labute approximate surface area is 130 Å². The summed E-state index contributed by atoms with van der Waals surface area (Å²) in [5.74, 6) is 2.77. The summed E-state index contributed by atoms with van der Waals surface area (Å²) in [5.41, 5.74) is 1.48. The maximum Gasteiger partial charge on any atom is 0.177 e. The van der Waals surface area contributed by atoms with Gasteiger partial charge < -0.3 is 4.57 Å². The average Bonchev–Trinajstić information content (AvgIpc) is 2.98. The van der Waals surface area contributed by atoms with Crippen LogP contribution in [0.25, 0.3) is 11.0 Å². The number of rotatable bonds is 5. The minimum absolute atomic E-state index is 0.304. The van der Waals surface area contributed by atoms with Crippen molar-refractivity contribution in [2.45, 2.75) is 31.2 Å². The highest BCUT2D eigenvalue weighted by atomic mass is 35.5. The maximum atomic E-state index is 11.9. The van der Waals surface area contributed by atoms with Crippen LogP contribution in [0.15, 0.2) is 23.1 Å². The van der Waals surface area contributed by atoms with Crippen LogP contribution >= 0.6 is 11.6 Å². The number of para-hydroxylation sites is 1. The molecule has 0 radical (unpaired) electrons. The van der Waals surface area contributed by atoms with Crippen LogP contribution in [0.1, 0.15) is 19.2 Å². The lowest BCUT2D eigenvalue weighted by Gasteiger charge is -2.08. The molecule has 0 aliphatic heterocycles. The zero-order valence-corrected chi connectivity index (χ0v) is 13.8. The molecule has 1 heterocycles. The van der Waals surface area contributed by atoms with Gasteiger partial charge in [-0.25, -0.2) is 13.4 Å². The van der Waals surface area contributed by atoms with Gasteiger partial charge in [-0.2, -0.15) is 0 Å². The van der Waals surface area contributed by atoms with Gasteiger partial charge in [0.1, 0.15) is 11.3 Å². The van der Waals surface area contributed by atoms with Crippen molar-refractivity contribution in [1.29, 1.82) is 0 Å². The molecule has 4 nitrogen and oxygen atoms in total. The monoisotopic (exact) mass is 326 g/mol. The van der Waals surface area contributed by atoms with E-state index in [9.17, 15) is 8.42 Å². The number of halogens is 1. The highest BCUT2D eigenvalue weighted by Crippen LogP contribution is 2.40. The first-order valence-electron chi connectivity index (χ1n) is 7.16. The van der Waals surface area contributed by atoms with E-state index in [0.29, 0.717) is 28.6 Å². The molecule has 0 N–H and O–H groups in total. The van der Waals surface area contributed by atoms with E-state index < -0.39 is 9.84 Å². The van der Waals surface area contributed by atoms with Crippen LogP contribution < -0.4 is 0 Å². The Hall–Kier alpha value is -1.07. The predicted molar refractivity (Wildman–Crippen MR) is 84.5 cm³/mol. The number of aromatic nitrogens is 2. The summed E-state index contributed by atoms with van der Waals surface area (Å²) in [6.07, 6.45) is 3.11. The van der Waals surface area contributed by atoms with Crippen molar-refractivity contribution in [2.24, 2.45) is 11.8 Å². The van der Waals surface area contributed by atoms with Crippen molar-refractivity contribution < 1.29 is 8.42 Å². The van der Waals surface area contributed by atoms with Gasteiger partial charge in [0.25, 0.3) is 0 Å². The molecular weight excluding hydrogens is 308 g/mol. The van der Waals surface area contributed by atoms with Gasteiger partial charge in [0, 0.05) is 25.1 Å². The van der Waals surface area contributed by atoms with Gasteiger partial charge in [-0.3, -0.25) is 0 Å². The van der Waals surface area contributed by atoms with Crippen LogP contribution in [-0.2, 0) is 22.8 Å². The van der Waals surface area contributed by atoms with E-state index in [-0.39, 0.29) is 0 Å². The van der Waals surface area contributed by atoms with Gasteiger partial charge in [-0.1, -0.05) is 13.0 Å². The van der Waals surface area contributed by atoms with Crippen LogP contribution in [-0.4, -0.2) is 30.1 Å². The highest BCUT2D eigenvalue weighted by molar-refractivity contribution is 7.91. The second-order valence-corrected chi connectivity index (χ2v) is 8.31. The highest BCUT2D eigenvalue weighted by Gasteiger charge is 2.33. The molecule has 0 bridgehead atoms. The minimum Gasteiger partial charge on any atom is -0.328 e. The van der Waals surface area contributed by atoms with Crippen molar-refractivity contribution >= 4 is 32.5 Å². The predicted octanol–water partition coefficient (Wildman–Crippen LogP) is 2.88. The van der Waals surface area contributed by atoms with E-state index in [1.807, 2.05) is 6.07 Å². The Morgan fingerprint density at radius 2 is 2.14 bits per heavy atom. The zero-order valence-electron chi connectivity index (χ0n) is 12.2. The summed E-state index contributed by atoms with van der Waals surface area (Å²) >= 11 is 5.87. The molecule has 3 rings (SSSR count). The molecule has 2 atom stereocenters. The zero-order chi connectivity index (χ0) is 15.2. The Morgan fingerprint density at radius 3 is 2.71 bits per heavy atom. The maximum absolute atomic E-state index is 11.9. The molecule has 0 amide bonds. The van der Waals surface area contributed by atoms with Gasteiger partial charge >= 0.3 is 0 Å². The molecule has 1 aliphatic rings. The Balaban J connectivity index is 2.17. The van der Waals surface area contributed by atoms with Crippen LogP contribution in [0, 0.1) is 11.8 Å². The molecule has 1 saturated carbocycles. The molecule has 1 aromatic carbocycles. The Morgan fingerprint density at radius 1 is 1.43 bits per heavy atom. The number of nitrogens with zero attached hydrogens (tertiary/aromatic N) is 2. The summed E-state index contributed by atoms with van der Waals surface area (Å²) in [6, 6.07) is 5.36. The molecular formula is C15H19ClN2O2S. The van der Waals surface area contributed by atoms with Crippen LogP contribution in [0.2, 0.25) is 0 Å². The van der Waals surface area contributed by atoms with Crippen molar-refractivity contribution in [3.63, 3.8) is 0 Å². The first kappa shape index (κ1) is 14.9. The number of sulfone groups is 1. The lowest BCUT2D eigenvalue weighted by atomic mass is 10.3. The minimum atomic E-state index is -3.28. The standard InChI is InChI=1S/C15H19ClN2O2S/c1-10-8-11(10)9-18-12-4-3-5-13(21(2,19)20)15(12)17-14(18)6-7-16/h3-5,10-11H,6-9H2,1-2H3. The number of alkyl halides is 1. The molecule has 0 saturated heterocycles. The van der Waals surface area contributed by atoms with E-state index in [2.05, 4.69) is 16.5 Å². The summed E-state index contributed by atoms with van der Waals surface area (Å²) in [6.45, 7) is 3.14. The van der Waals surface area contributed by atoms with Crippen molar-refractivity contribution in [1.82, 2.24) is 9.55 Å². The third-order valence-electron chi connectivity index (χ3n) is 4.23. The van der Waals surface area contributed by atoms with E-state index in [1.165, 1.54) is 12.7 Å². The molecule has 1 aromatic heterocycles. The van der Waals surface area contributed by atoms with Crippen LogP contribution in [0.4, 0.5) is 0 Å². The number of imidazole rings is 1. The average molecular weight is 327 g/mol. The van der Waals surface area contributed by atoms with Gasteiger partial charge in [-0.15, -0.1) is 11.6 Å². The lowest BCUT2D eigenvalue weighted by Crippen LogP contribution is -2.06. The Bertz CT molecular complexity index is 782. The van der Waals surface area contributed by atoms with E-state index >= 15 is 0 Å². The van der Waals surface area contributed by atoms with Crippen molar-refractivity contribution in [3.05, 3.63) is 24.0 Å². The fourth-order valence-corrected chi connectivity index (χ4v) is 3.83. The quantitative estimate of drug-likeness (QED) is 0.794. The molecule has 1 fully saturated rings. The summed E-state index contributed by atoms with van der Waals surface area (Å²) in [4.78, 5) is 4.88. The molecule has 0 spiro atoms. The van der Waals surface area contributed by atoms with Crippen molar-refractivity contribution in [3.8, 4) is 0 Å². The normalized spacial score (nSPS) is 21.9. The van der Waals surface area contributed by atoms with E-state index in [4.69, 9.17) is 11.6 Å². The molecule has 2 unspecified atom stereocenters. The third-order valence-corrected chi connectivity index (χ3v) is 5.55. The number of hydrogen-bond donors (Lipinski definition) is 0. The number of hydrogen-bond acceptors (Lipinski definition) is 3. The number of benzene rings is 1. The van der Waals surface area contributed by atoms with Gasteiger partial charge in [0.05, 0.1) is 10.4 Å². The largest absolute Gasteiger partial charge is 0.328 e. The summed E-state index contributed by atoms with van der Waals surface area (Å²) < 4.78 is 26.0. The second-order valence-electron chi connectivity index (χ2n) is 5.95. The SMILES string of the molecule is CC1CC1Cn1c(CCCl)nc2c(S(C)(=O)=O)cccc21. The smallest absolute Gasteiger partial charge is 0.177 e. The Kier molecular flexibility index (Phi) is 3.74. The van der Waals surface area contributed by atoms with E-state index in [1.54, 1.807) is 12.1 Å². The topological polar surface area (TPSA) is 52.0 Å². The fraction of sp³-hybridized carbons (Fsp3) is 0.533. The number of aryl methyl sites for hydroxylation is 1. The summed E-state index contributed by atoms with van der Waals surface area (Å²) in [5, 5.41) is 0. The van der Waals surface area contributed by atoms with Gasteiger partial charge in [0.15, 0.2) is 9.84 Å². The van der Waals surface area contributed by atoms with Gasteiger partial charge in [-0.05, 0) is 30.4 Å².